The molecule has 0 aliphatic carbocycles. The van der Waals surface area contributed by atoms with E-state index in [1.54, 1.807) is 43.5 Å². The third kappa shape index (κ3) is 5.64. The van der Waals surface area contributed by atoms with Crippen molar-refractivity contribution in [1.29, 1.82) is 0 Å². The number of aromatic carboxylic acids is 1. The second kappa shape index (κ2) is 10.7. The highest BCUT2D eigenvalue weighted by molar-refractivity contribution is 5.95. The number of carbonyl (C=O) groups is 1. The first kappa shape index (κ1) is 23.1. The average Bonchev–Trinajstić information content (AvgIpc) is 2.87. The van der Waals surface area contributed by atoms with Gasteiger partial charge in [0.15, 0.2) is 5.96 Å². The van der Waals surface area contributed by atoms with Crippen LogP contribution in [-0.2, 0) is 6.54 Å². The molecule has 34 heavy (non-hydrogen) atoms. The Kier molecular flexibility index (Phi) is 7.27. The fraction of sp³-hybridized carbons (Fsp3) is 0.231. The Morgan fingerprint density at radius 3 is 2.44 bits per heavy atom. The molecule has 1 aliphatic heterocycles. The number of carboxylic acid groups (broad SMARTS) is 1. The van der Waals surface area contributed by atoms with E-state index in [4.69, 9.17) is 14.8 Å². The Labute approximate surface area is 198 Å². The number of hydrogen-bond acceptors (Lipinski definition) is 4. The van der Waals surface area contributed by atoms with Crippen LogP contribution in [0.5, 0.6) is 5.75 Å². The largest absolute Gasteiger partial charge is 0.497 e. The van der Waals surface area contributed by atoms with E-state index in [1.165, 1.54) is 6.07 Å². The van der Waals surface area contributed by atoms with E-state index in [2.05, 4.69) is 10.2 Å². The van der Waals surface area contributed by atoms with E-state index in [0.717, 1.165) is 17.0 Å². The average molecular weight is 463 g/mol. The third-order valence-corrected chi connectivity index (χ3v) is 5.71. The van der Waals surface area contributed by atoms with Crippen molar-refractivity contribution >= 4 is 23.3 Å². The molecule has 0 radical (unpaired) electrons. The summed E-state index contributed by atoms with van der Waals surface area (Å²) in [5.74, 6) is 0.256. The van der Waals surface area contributed by atoms with Crippen LogP contribution in [0.15, 0.2) is 77.8 Å². The van der Waals surface area contributed by atoms with Gasteiger partial charge in [0.2, 0.25) is 0 Å². The molecule has 1 fully saturated rings. The van der Waals surface area contributed by atoms with Crippen LogP contribution >= 0.6 is 0 Å². The van der Waals surface area contributed by atoms with E-state index < -0.39 is 5.97 Å². The SMILES string of the molecule is COc1cccc(CN=C(Nc2ccc(C(=O)O)cc2)N2CCN(c3ccccc3F)CC2)c1. The molecule has 0 unspecified atom stereocenters. The van der Waals surface area contributed by atoms with Crippen LogP contribution in [0.4, 0.5) is 15.8 Å². The molecule has 0 amide bonds. The second-order valence-electron chi connectivity index (χ2n) is 7.92. The minimum absolute atomic E-state index is 0.221. The zero-order valence-electron chi connectivity index (χ0n) is 18.9. The highest BCUT2D eigenvalue weighted by Crippen LogP contribution is 2.21. The van der Waals surface area contributed by atoms with Crippen molar-refractivity contribution in [3.05, 3.63) is 89.7 Å². The van der Waals surface area contributed by atoms with Gasteiger partial charge in [0, 0.05) is 31.9 Å². The van der Waals surface area contributed by atoms with Gasteiger partial charge in [-0.05, 0) is 54.1 Å². The summed E-state index contributed by atoms with van der Waals surface area (Å²) in [6.07, 6.45) is 0. The van der Waals surface area contributed by atoms with E-state index in [1.807, 2.05) is 35.2 Å². The number of para-hydroxylation sites is 1. The Bertz CT molecular complexity index is 1160. The summed E-state index contributed by atoms with van der Waals surface area (Å²) < 4.78 is 19.5. The van der Waals surface area contributed by atoms with Crippen molar-refractivity contribution in [1.82, 2.24) is 4.90 Å². The molecule has 7 nitrogen and oxygen atoms in total. The maximum absolute atomic E-state index is 14.2. The lowest BCUT2D eigenvalue weighted by Gasteiger charge is -2.37. The van der Waals surface area contributed by atoms with Crippen molar-refractivity contribution in [3.8, 4) is 5.75 Å². The fourth-order valence-corrected chi connectivity index (χ4v) is 3.85. The van der Waals surface area contributed by atoms with Crippen LogP contribution in [0.3, 0.4) is 0 Å². The van der Waals surface area contributed by atoms with Crippen molar-refractivity contribution in [3.63, 3.8) is 0 Å². The molecule has 1 saturated heterocycles. The van der Waals surface area contributed by atoms with Gasteiger partial charge in [-0.2, -0.15) is 0 Å². The predicted molar refractivity (Wildman–Crippen MR) is 131 cm³/mol. The van der Waals surface area contributed by atoms with Crippen molar-refractivity contribution in [2.24, 2.45) is 4.99 Å². The molecule has 1 aliphatic rings. The molecule has 176 valence electrons. The lowest BCUT2D eigenvalue weighted by molar-refractivity contribution is 0.0697. The molecule has 0 saturated carbocycles. The van der Waals surface area contributed by atoms with E-state index in [-0.39, 0.29) is 11.4 Å². The van der Waals surface area contributed by atoms with Crippen LogP contribution in [0.1, 0.15) is 15.9 Å². The topological polar surface area (TPSA) is 77.4 Å². The minimum atomic E-state index is -0.970. The normalized spacial score (nSPS) is 14.1. The van der Waals surface area contributed by atoms with Gasteiger partial charge >= 0.3 is 5.97 Å². The molecule has 1 heterocycles. The summed E-state index contributed by atoms with van der Waals surface area (Å²) in [5.41, 5.74) is 2.57. The quantitative estimate of drug-likeness (QED) is 0.420. The van der Waals surface area contributed by atoms with Crippen LogP contribution in [-0.4, -0.2) is 55.2 Å². The predicted octanol–water partition coefficient (Wildman–Crippen LogP) is 4.32. The maximum Gasteiger partial charge on any atom is 0.335 e. The van der Waals surface area contributed by atoms with Crippen LogP contribution in [0.25, 0.3) is 0 Å². The number of anilines is 2. The van der Waals surface area contributed by atoms with Gasteiger partial charge < -0.3 is 25.0 Å². The van der Waals surface area contributed by atoms with Gasteiger partial charge in [0.25, 0.3) is 0 Å². The molecule has 3 aromatic rings. The number of halogens is 1. The summed E-state index contributed by atoms with van der Waals surface area (Å²) in [6.45, 7) is 3.06. The molecule has 0 atom stereocenters. The maximum atomic E-state index is 14.2. The van der Waals surface area contributed by atoms with Gasteiger partial charge in [-0.3, -0.25) is 0 Å². The number of ether oxygens (including phenoxy) is 1. The Balaban J connectivity index is 1.52. The number of nitrogens with one attached hydrogen (secondary N) is 1. The number of methoxy groups -OCH3 is 1. The number of aliphatic imine (C=N–C) groups is 1. The zero-order valence-corrected chi connectivity index (χ0v) is 18.9. The highest BCUT2D eigenvalue weighted by atomic mass is 19.1. The molecular weight excluding hydrogens is 435 g/mol. The van der Waals surface area contributed by atoms with Gasteiger partial charge in [-0.15, -0.1) is 0 Å². The Hall–Kier alpha value is -4.07. The molecule has 0 aromatic heterocycles. The summed E-state index contributed by atoms with van der Waals surface area (Å²) >= 11 is 0. The lowest BCUT2D eigenvalue weighted by atomic mass is 10.2. The molecule has 0 bridgehead atoms. The molecule has 2 N–H and O–H groups in total. The smallest absolute Gasteiger partial charge is 0.335 e. The summed E-state index contributed by atoms with van der Waals surface area (Å²) in [6, 6.07) is 21.1. The summed E-state index contributed by atoms with van der Waals surface area (Å²) in [4.78, 5) is 20.2. The molecule has 0 spiro atoms. The van der Waals surface area contributed by atoms with Crippen LogP contribution in [0.2, 0.25) is 0 Å². The third-order valence-electron chi connectivity index (χ3n) is 5.71. The van der Waals surface area contributed by atoms with Gasteiger partial charge in [0.1, 0.15) is 11.6 Å². The van der Waals surface area contributed by atoms with Gasteiger partial charge in [-0.25, -0.2) is 14.2 Å². The van der Waals surface area contributed by atoms with Crippen LogP contribution in [0, 0.1) is 5.82 Å². The first-order valence-corrected chi connectivity index (χ1v) is 11.1. The number of nitrogens with zero attached hydrogens (tertiary/aromatic N) is 3. The zero-order chi connectivity index (χ0) is 23.9. The number of guanidine groups is 1. The molecule has 8 heteroatoms. The van der Waals surface area contributed by atoms with Gasteiger partial charge in [0.05, 0.1) is 24.9 Å². The van der Waals surface area contributed by atoms with Crippen LogP contribution < -0.4 is 15.0 Å². The summed E-state index contributed by atoms with van der Waals surface area (Å²) in [7, 11) is 1.63. The number of piperazine rings is 1. The molecule has 3 aromatic carbocycles. The first-order chi connectivity index (χ1) is 16.5. The van der Waals surface area contributed by atoms with E-state index >= 15 is 0 Å². The molecule has 4 rings (SSSR count). The minimum Gasteiger partial charge on any atom is -0.497 e. The number of rotatable bonds is 6. The lowest BCUT2D eigenvalue weighted by Crippen LogP contribution is -2.51. The van der Waals surface area contributed by atoms with Crippen molar-refractivity contribution in [2.45, 2.75) is 6.54 Å². The summed E-state index contributed by atoms with van der Waals surface area (Å²) in [5, 5.41) is 12.5. The monoisotopic (exact) mass is 462 g/mol. The standard InChI is InChI=1S/C26H27FN4O3/c1-34-22-6-4-5-19(17-22)18-28-26(29-21-11-9-20(10-12-21)25(32)33)31-15-13-30(14-16-31)24-8-3-2-7-23(24)27/h2-12,17H,13-16,18H2,1H3,(H,28,29)(H,32,33). The van der Waals surface area contributed by atoms with Crippen molar-refractivity contribution < 1.29 is 19.0 Å². The van der Waals surface area contributed by atoms with E-state index in [9.17, 15) is 9.18 Å². The Morgan fingerprint density at radius 1 is 1.03 bits per heavy atom. The fourth-order valence-electron chi connectivity index (χ4n) is 3.85. The number of hydrogen-bond donors (Lipinski definition) is 2. The number of carboxylic acids is 1. The van der Waals surface area contributed by atoms with E-state index in [0.29, 0.717) is 44.4 Å². The second-order valence-corrected chi connectivity index (χ2v) is 7.92. The van der Waals surface area contributed by atoms with Crippen molar-refractivity contribution in [2.75, 3.05) is 43.5 Å². The highest BCUT2D eigenvalue weighted by Gasteiger charge is 2.22. The number of benzene rings is 3. The Morgan fingerprint density at radius 2 is 1.76 bits per heavy atom. The molecular formula is C26H27FN4O3. The first-order valence-electron chi connectivity index (χ1n) is 11.1. The van der Waals surface area contributed by atoms with Gasteiger partial charge in [-0.1, -0.05) is 24.3 Å².